The summed E-state index contributed by atoms with van der Waals surface area (Å²) in [4.78, 5) is 43.3. The van der Waals surface area contributed by atoms with Crippen molar-refractivity contribution < 1.29 is 14.3 Å². The molecule has 5 heterocycles. The zero-order valence-corrected chi connectivity index (χ0v) is 20.2. The van der Waals surface area contributed by atoms with E-state index >= 15 is 0 Å². The number of anilines is 2. The van der Waals surface area contributed by atoms with Crippen LogP contribution in [-0.4, -0.2) is 46.5 Å². The summed E-state index contributed by atoms with van der Waals surface area (Å²) in [5.41, 5.74) is 1.83. The van der Waals surface area contributed by atoms with Gasteiger partial charge in [-0.15, -0.1) is 11.8 Å². The maximum Gasteiger partial charge on any atom is 0.415 e. The lowest BCUT2D eigenvalue weighted by Crippen LogP contribution is -2.28. The topological polar surface area (TPSA) is 106 Å². The number of carbonyl (C=O) groups excluding carboxylic acids is 2. The third-order valence-corrected chi connectivity index (χ3v) is 7.93. The van der Waals surface area contributed by atoms with Crippen LogP contribution in [0.25, 0.3) is 10.9 Å². The van der Waals surface area contributed by atoms with Gasteiger partial charge in [0.05, 0.1) is 28.8 Å². The van der Waals surface area contributed by atoms with E-state index in [1.54, 1.807) is 16.7 Å². The van der Waals surface area contributed by atoms with E-state index in [2.05, 4.69) is 15.6 Å². The van der Waals surface area contributed by atoms with Gasteiger partial charge in [0.25, 0.3) is 5.56 Å². The molecule has 3 aliphatic heterocycles. The standard InChI is InChI=1S/C24H22ClN5O4S/c25-15-5-3-13-4-8-20(32)30-11-16(21(15)22(13)30)26-9-1-2-14-10-29(24(33)34-14)18-7-6-17-23(27-18)28-19(31)12-35-17/h3-8,14,16,26H,1-2,9-12H2,(H,27,28,31)/t14-,16-/m1/s1. The van der Waals surface area contributed by atoms with Crippen LogP contribution in [0.15, 0.2) is 46.1 Å². The van der Waals surface area contributed by atoms with Crippen molar-refractivity contribution in [3.8, 4) is 0 Å². The first-order valence-electron chi connectivity index (χ1n) is 11.4. The number of nitrogens with zero attached hydrogens (tertiary/aromatic N) is 3. The molecule has 6 rings (SSSR count). The molecule has 35 heavy (non-hydrogen) atoms. The number of hydrogen-bond donors (Lipinski definition) is 2. The molecule has 0 radical (unpaired) electrons. The lowest BCUT2D eigenvalue weighted by molar-refractivity contribution is -0.113. The fourth-order valence-corrected chi connectivity index (χ4v) is 5.96. The lowest BCUT2D eigenvalue weighted by Gasteiger charge is -2.18. The monoisotopic (exact) mass is 511 g/mol. The Labute approximate surface area is 209 Å². The number of nitrogens with one attached hydrogen (secondary N) is 2. The minimum atomic E-state index is -0.436. The minimum absolute atomic E-state index is 0.0303. The number of benzene rings is 1. The summed E-state index contributed by atoms with van der Waals surface area (Å²) in [6.07, 6.45) is 0.784. The number of thioether (sulfide) groups is 1. The van der Waals surface area contributed by atoms with Gasteiger partial charge in [-0.3, -0.25) is 14.5 Å². The van der Waals surface area contributed by atoms with Crippen molar-refractivity contribution in [1.82, 2.24) is 14.9 Å². The molecule has 2 atom stereocenters. The summed E-state index contributed by atoms with van der Waals surface area (Å²) in [6, 6.07) is 10.8. The Balaban J connectivity index is 1.06. The van der Waals surface area contributed by atoms with Crippen LogP contribution in [0.3, 0.4) is 0 Å². The molecule has 11 heteroatoms. The summed E-state index contributed by atoms with van der Waals surface area (Å²) in [5, 5.41) is 7.92. The molecule has 3 aliphatic rings. The van der Waals surface area contributed by atoms with E-state index in [-0.39, 0.29) is 23.6 Å². The molecule has 2 N–H and O–H groups in total. The van der Waals surface area contributed by atoms with Gasteiger partial charge in [0.15, 0.2) is 0 Å². The number of aromatic nitrogens is 2. The highest BCUT2D eigenvalue weighted by Gasteiger charge is 2.34. The van der Waals surface area contributed by atoms with E-state index in [0.717, 1.165) is 27.8 Å². The van der Waals surface area contributed by atoms with Crippen LogP contribution in [0.2, 0.25) is 5.02 Å². The SMILES string of the molecule is O=C1CSc2ccc(N3C[C@@H](CCCN[C@@H]4Cn5c(=O)ccc6ccc(Cl)c4c65)OC3=O)nc2N1. The van der Waals surface area contributed by atoms with E-state index in [4.69, 9.17) is 16.3 Å². The fourth-order valence-electron chi connectivity index (χ4n) is 4.92. The second-order valence-corrected chi connectivity index (χ2v) is 10.2. The average molecular weight is 512 g/mol. The zero-order chi connectivity index (χ0) is 24.1. The quantitative estimate of drug-likeness (QED) is 0.487. The summed E-state index contributed by atoms with van der Waals surface area (Å²) in [5.74, 6) is 1.21. The molecule has 1 saturated heterocycles. The van der Waals surface area contributed by atoms with E-state index < -0.39 is 6.09 Å². The number of rotatable bonds is 6. The van der Waals surface area contributed by atoms with Crippen LogP contribution in [0, 0.1) is 0 Å². The smallest absolute Gasteiger partial charge is 0.415 e. The van der Waals surface area contributed by atoms with Crippen molar-refractivity contribution >= 4 is 57.9 Å². The third-order valence-electron chi connectivity index (χ3n) is 6.55. The molecule has 2 amide bonds. The fraction of sp³-hybridized carbons (Fsp3) is 0.333. The van der Waals surface area contributed by atoms with Crippen molar-refractivity contribution in [3.63, 3.8) is 0 Å². The Morgan fingerprint density at radius 1 is 1.14 bits per heavy atom. The van der Waals surface area contributed by atoms with Gasteiger partial charge >= 0.3 is 6.09 Å². The van der Waals surface area contributed by atoms with Crippen molar-refractivity contribution in [2.75, 3.05) is 29.1 Å². The van der Waals surface area contributed by atoms with Gasteiger partial charge in [-0.05, 0) is 49.0 Å². The predicted molar refractivity (Wildman–Crippen MR) is 134 cm³/mol. The van der Waals surface area contributed by atoms with Gasteiger partial charge in [-0.25, -0.2) is 9.78 Å². The Morgan fingerprint density at radius 2 is 2.00 bits per heavy atom. The molecule has 180 valence electrons. The molecule has 0 spiro atoms. The highest BCUT2D eigenvalue weighted by atomic mass is 35.5. The van der Waals surface area contributed by atoms with Crippen molar-refractivity contribution in [1.29, 1.82) is 0 Å². The molecular weight excluding hydrogens is 490 g/mol. The lowest BCUT2D eigenvalue weighted by atomic mass is 10.1. The molecule has 0 unspecified atom stereocenters. The van der Waals surface area contributed by atoms with E-state index in [1.165, 1.54) is 16.7 Å². The van der Waals surface area contributed by atoms with Crippen LogP contribution in [0.5, 0.6) is 0 Å². The van der Waals surface area contributed by atoms with Crippen LogP contribution >= 0.6 is 23.4 Å². The number of cyclic esters (lactones) is 1. The average Bonchev–Trinajstić information content (AvgIpc) is 3.42. The Morgan fingerprint density at radius 3 is 2.89 bits per heavy atom. The molecule has 1 aromatic carbocycles. The largest absolute Gasteiger partial charge is 0.444 e. The van der Waals surface area contributed by atoms with Gasteiger partial charge < -0.3 is 19.9 Å². The molecular formula is C24H22ClN5O4S. The van der Waals surface area contributed by atoms with E-state index in [9.17, 15) is 14.4 Å². The van der Waals surface area contributed by atoms with Crippen LogP contribution in [-0.2, 0) is 16.1 Å². The van der Waals surface area contributed by atoms with E-state index in [1.807, 2.05) is 24.3 Å². The minimum Gasteiger partial charge on any atom is -0.444 e. The second kappa shape index (κ2) is 8.85. The number of carbonyl (C=O) groups is 2. The summed E-state index contributed by atoms with van der Waals surface area (Å²) < 4.78 is 7.33. The zero-order valence-electron chi connectivity index (χ0n) is 18.6. The van der Waals surface area contributed by atoms with Crippen LogP contribution in [0.4, 0.5) is 16.4 Å². The highest BCUT2D eigenvalue weighted by Crippen LogP contribution is 2.36. The van der Waals surface area contributed by atoms with Crippen LogP contribution < -0.4 is 21.1 Å². The number of pyridine rings is 2. The number of halogens is 1. The van der Waals surface area contributed by atoms with Gasteiger partial charge in [0, 0.05) is 23.2 Å². The van der Waals surface area contributed by atoms with Gasteiger partial charge in [0.2, 0.25) is 5.91 Å². The summed E-state index contributed by atoms with van der Waals surface area (Å²) in [6.45, 7) is 1.63. The van der Waals surface area contributed by atoms with E-state index in [0.29, 0.717) is 48.5 Å². The molecule has 0 aliphatic carbocycles. The third kappa shape index (κ3) is 4.05. The Hall–Kier alpha value is -3.08. The molecule has 0 bridgehead atoms. The van der Waals surface area contributed by atoms with Crippen LogP contribution in [0.1, 0.15) is 24.4 Å². The first-order valence-corrected chi connectivity index (χ1v) is 12.8. The Bertz CT molecular complexity index is 1430. The maximum absolute atomic E-state index is 12.5. The highest BCUT2D eigenvalue weighted by molar-refractivity contribution is 8.00. The number of amides is 2. The molecule has 3 aromatic rings. The molecule has 1 fully saturated rings. The molecule has 0 saturated carbocycles. The maximum atomic E-state index is 12.5. The number of hydrogen-bond acceptors (Lipinski definition) is 7. The molecule has 9 nitrogen and oxygen atoms in total. The van der Waals surface area contributed by atoms with Crippen molar-refractivity contribution in [2.45, 2.75) is 36.4 Å². The van der Waals surface area contributed by atoms with Gasteiger partial charge in [-0.1, -0.05) is 17.7 Å². The number of fused-ring (bicyclic) bond motifs is 1. The van der Waals surface area contributed by atoms with Crippen molar-refractivity contribution in [3.05, 3.63) is 57.3 Å². The number of ether oxygens (including phenoxy) is 1. The normalized spacial score (nSPS) is 20.8. The van der Waals surface area contributed by atoms with Crippen molar-refractivity contribution in [2.24, 2.45) is 0 Å². The molecule has 2 aromatic heterocycles. The predicted octanol–water partition coefficient (Wildman–Crippen LogP) is 3.54. The first kappa shape index (κ1) is 22.4. The van der Waals surface area contributed by atoms with Gasteiger partial charge in [0.1, 0.15) is 17.7 Å². The Kier molecular flexibility index (Phi) is 5.66. The summed E-state index contributed by atoms with van der Waals surface area (Å²) in [7, 11) is 0. The summed E-state index contributed by atoms with van der Waals surface area (Å²) >= 11 is 7.92. The first-order chi connectivity index (χ1) is 17.0. The second-order valence-electron chi connectivity index (χ2n) is 8.80. The van der Waals surface area contributed by atoms with Gasteiger partial charge in [-0.2, -0.15) is 0 Å².